The number of para-hydroxylation sites is 1. The summed E-state index contributed by atoms with van der Waals surface area (Å²) >= 11 is 0. The molecule has 8 heteroatoms. The number of alkyl halides is 3. The number of hydrogen-bond donors (Lipinski definition) is 0. The fraction of sp³-hybridized carbons (Fsp3) is 0.400. The highest BCUT2D eigenvalue weighted by molar-refractivity contribution is 5.77. The Morgan fingerprint density at radius 3 is 2.22 bits per heavy atom. The van der Waals surface area contributed by atoms with Gasteiger partial charge in [-0.15, -0.1) is 0 Å². The maximum absolute atomic E-state index is 12.8. The summed E-state index contributed by atoms with van der Waals surface area (Å²) in [5.74, 6) is -1.01. The highest BCUT2D eigenvalue weighted by Gasteiger charge is 2.34. The van der Waals surface area contributed by atoms with E-state index in [0.717, 1.165) is 12.1 Å². The van der Waals surface area contributed by atoms with Crippen LogP contribution in [-0.4, -0.2) is 30.5 Å². The van der Waals surface area contributed by atoms with E-state index < -0.39 is 30.0 Å². The maximum atomic E-state index is 12.8. The fourth-order valence-corrected chi connectivity index (χ4v) is 1.79. The van der Waals surface area contributed by atoms with Gasteiger partial charge in [0, 0.05) is 13.1 Å². The number of amides is 1. The molecule has 23 heavy (non-hydrogen) atoms. The Morgan fingerprint density at radius 1 is 1.13 bits per heavy atom. The van der Waals surface area contributed by atoms with Crippen molar-refractivity contribution in [2.75, 3.05) is 19.7 Å². The van der Waals surface area contributed by atoms with Crippen LogP contribution < -0.4 is 4.74 Å². The lowest BCUT2D eigenvalue weighted by atomic mass is 10.2. The quantitative estimate of drug-likeness (QED) is 0.772. The number of benzene rings is 1. The SMILES string of the molecule is N#CCCN(CCC#N)C(=O)COc1ccccc1C(F)(F)F. The first-order chi connectivity index (χ1) is 10.9. The van der Waals surface area contributed by atoms with E-state index in [1.54, 1.807) is 0 Å². The summed E-state index contributed by atoms with van der Waals surface area (Å²) in [6.07, 6.45) is -4.45. The van der Waals surface area contributed by atoms with E-state index in [9.17, 15) is 18.0 Å². The second-order valence-electron chi connectivity index (χ2n) is 4.48. The Labute approximate surface area is 131 Å². The van der Waals surface area contributed by atoms with Crippen LogP contribution in [0, 0.1) is 22.7 Å². The van der Waals surface area contributed by atoms with Crippen LogP contribution in [0.2, 0.25) is 0 Å². The van der Waals surface area contributed by atoms with E-state index in [-0.39, 0.29) is 25.9 Å². The molecule has 0 aliphatic carbocycles. The molecule has 0 N–H and O–H groups in total. The van der Waals surface area contributed by atoms with Crippen LogP contribution in [0.4, 0.5) is 13.2 Å². The Balaban J connectivity index is 2.74. The fourth-order valence-electron chi connectivity index (χ4n) is 1.79. The highest BCUT2D eigenvalue weighted by Crippen LogP contribution is 2.35. The summed E-state index contributed by atoms with van der Waals surface area (Å²) in [5.41, 5.74) is -0.964. The second kappa shape index (κ2) is 8.64. The van der Waals surface area contributed by atoms with Gasteiger partial charge in [-0.2, -0.15) is 23.7 Å². The van der Waals surface area contributed by atoms with Crippen molar-refractivity contribution in [1.82, 2.24) is 4.90 Å². The Morgan fingerprint density at radius 2 is 1.70 bits per heavy atom. The van der Waals surface area contributed by atoms with Crippen LogP contribution in [0.25, 0.3) is 0 Å². The summed E-state index contributed by atoms with van der Waals surface area (Å²) in [4.78, 5) is 13.2. The number of carbonyl (C=O) groups is 1. The first-order valence-electron chi connectivity index (χ1n) is 6.71. The number of hydrogen-bond acceptors (Lipinski definition) is 4. The molecule has 0 radical (unpaired) electrons. The van der Waals surface area contributed by atoms with Gasteiger partial charge in [0.15, 0.2) is 6.61 Å². The molecule has 0 unspecified atom stereocenters. The standard InChI is InChI=1S/C15H14F3N3O2/c16-15(17,18)12-5-1-2-6-13(12)23-11-14(22)21(9-3-7-19)10-4-8-20/h1-2,5-6H,3-4,9-11H2. The summed E-state index contributed by atoms with van der Waals surface area (Å²) in [6, 6.07) is 8.32. The molecule has 0 heterocycles. The van der Waals surface area contributed by atoms with Gasteiger partial charge in [-0.05, 0) is 12.1 Å². The Kier molecular flexibility index (Phi) is 6.88. The van der Waals surface area contributed by atoms with Crippen LogP contribution in [0.15, 0.2) is 24.3 Å². The Bertz CT molecular complexity index is 600. The van der Waals surface area contributed by atoms with Crippen molar-refractivity contribution in [1.29, 1.82) is 10.5 Å². The average Bonchev–Trinajstić information content (AvgIpc) is 2.52. The lowest BCUT2D eigenvalue weighted by Crippen LogP contribution is -2.36. The van der Waals surface area contributed by atoms with Crippen molar-refractivity contribution in [3.63, 3.8) is 0 Å². The molecular formula is C15H14F3N3O2. The molecule has 0 spiro atoms. The highest BCUT2D eigenvalue weighted by atomic mass is 19.4. The normalized spacial score (nSPS) is 10.5. The zero-order valence-electron chi connectivity index (χ0n) is 12.1. The van der Waals surface area contributed by atoms with Crippen LogP contribution in [0.5, 0.6) is 5.75 Å². The largest absolute Gasteiger partial charge is 0.483 e. The molecule has 1 aromatic rings. The van der Waals surface area contributed by atoms with E-state index in [1.165, 1.54) is 17.0 Å². The third-order valence-electron chi connectivity index (χ3n) is 2.88. The predicted octanol–water partition coefficient (Wildman–Crippen LogP) is 2.74. The predicted molar refractivity (Wildman–Crippen MR) is 74.0 cm³/mol. The van der Waals surface area contributed by atoms with Crippen LogP contribution in [0.3, 0.4) is 0 Å². The van der Waals surface area contributed by atoms with Crippen molar-refractivity contribution in [2.24, 2.45) is 0 Å². The molecule has 0 saturated carbocycles. The molecule has 0 atom stereocenters. The number of ether oxygens (including phenoxy) is 1. The monoisotopic (exact) mass is 325 g/mol. The molecule has 0 aliphatic heterocycles. The molecule has 122 valence electrons. The molecule has 0 fully saturated rings. The molecule has 5 nitrogen and oxygen atoms in total. The number of halogens is 3. The van der Waals surface area contributed by atoms with Crippen molar-refractivity contribution in [3.8, 4) is 17.9 Å². The summed E-state index contributed by atoms with van der Waals surface area (Å²) in [5, 5.41) is 17.1. The van der Waals surface area contributed by atoms with Crippen molar-refractivity contribution < 1.29 is 22.7 Å². The lowest BCUT2D eigenvalue weighted by molar-refractivity contribution is -0.141. The van der Waals surface area contributed by atoms with Gasteiger partial charge < -0.3 is 9.64 Å². The van der Waals surface area contributed by atoms with Gasteiger partial charge in [0.2, 0.25) is 0 Å². The smallest absolute Gasteiger partial charge is 0.419 e. The van der Waals surface area contributed by atoms with Gasteiger partial charge in [0.05, 0.1) is 30.5 Å². The maximum Gasteiger partial charge on any atom is 0.419 e. The molecule has 1 amide bonds. The summed E-state index contributed by atoms with van der Waals surface area (Å²) in [7, 11) is 0. The molecule has 1 aromatic carbocycles. The van der Waals surface area contributed by atoms with Gasteiger partial charge in [-0.1, -0.05) is 12.1 Å². The average molecular weight is 325 g/mol. The number of nitrogens with zero attached hydrogens (tertiary/aromatic N) is 3. The molecular weight excluding hydrogens is 311 g/mol. The molecule has 0 aliphatic rings. The lowest BCUT2D eigenvalue weighted by Gasteiger charge is -2.21. The van der Waals surface area contributed by atoms with Crippen LogP contribution in [0.1, 0.15) is 18.4 Å². The molecule has 1 rings (SSSR count). The molecule has 0 bridgehead atoms. The van der Waals surface area contributed by atoms with Gasteiger partial charge in [0.1, 0.15) is 5.75 Å². The number of rotatable bonds is 7. The van der Waals surface area contributed by atoms with Gasteiger partial charge in [0.25, 0.3) is 5.91 Å². The minimum Gasteiger partial charge on any atom is -0.483 e. The summed E-state index contributed by atoms with van der Waals surface area (Å²) in [6.45, 7) is -0.396. The molecule has 0 saturated heterocycles. The van der Waals surface area contributed by atoms with E-state index in [2.05, 4.69) is 0 Å². The molecule has 0 aromatic heterocycles. The zero-order valence-corrected chi connectivity index (χ0v) is 12.1. The second-order valence-corrected chi connectivity index (χ2v) is 4.48. The van der Waals surface area contributed by atoms with Gasteiger partial charge >= 0.3 is 6.18 Å². The van der Waals surface area contributed by atoms with Crippen LogP contribution >= 0.6 is 0 Å². The zero-order chi connectivity index (χ0) is 17.3. The van der Waals surface area contributed by atoms with Gasteiger partial charge in [-0.3, -0.25) is 4.79 Å². The topological polar surface area (TPSA) is 77.1 Å². The Hall–Kier alpha value is -2.74. The van der Waals surface area contributed by atoms with E-state index in [0.29, 0.717) is 0 Å². The first-order valence-corrected chi connectivity index (χ1v) is 6.71. The third kappa shape index (κ3) is 5.87. The number of nitriles is 2. The third-order valence-corrected chi connectivity index (χ3v) is 2.88. The first kappa shape index (κ1) is 18.3. The minimum absolute atomic E-state index is 0.0658. The van der Waals surface area contributed by atoms with Crippen molar-refractivity contribution >= 4 is 5.91 Å². The van der Waals surface area contributed by atoms with E-state index in [4.69, 9.17) is 15.3 Å². The number of carbonyl (C=O) groups excluding carboxylic acids is 1. The minimum atomic E-state index is -4.58. The van der Waals surface area contributed by atoms with Crippen molar-refractivity contribution in [3.05, 3.63) is 29.8 Å². The van der Waals surface area contributed by atoms with Crippen LogP contribution in [-0.2, 0) is 11.0 Å². The van der Waals surface area contributed by atoms with E-state index in [1.807, 2.05) is 12.1 Å². The van der Waals surface area contributed by atoms with Gasteiger partial charge in [-0.25, -0.2) is 0 Å². The van der Waals surface area contributed by atoms with Crippen molar-refractivity contribution in [2.45, 2.75) is 19.0 Å². The van der Waals surface area contributed by atoms with E-state index >= 15 is 0 Å². The summed E-state index contributed by atoms with van der Waals surface area (Å²) < 4.78 is 43.4.